The Kier molecular flexibility index (Phi) is 4.73. The van der Waals surface area contributed by atoms with Crippen molar-refractivity contribution in [1.29, 1.82) is 0 Å². The molecule has 0 saturated carbocycles. The van der Waals surface area contributed by atoms with E-state index in [1.165, 1.54) is 5.56 Å². The van der Waals surface area contributed by atoms with Crippen LogP contribution in [-0.2, 0) is 14.6 Å². The van der Waals surface area contributed by atoms with Crippen LogP contribution in [-0.4, -0.2) is 43.8 Å². The number of rotatable bonds is 3. The van der Waals surface area contributed by atoms with Crippen LogP contribution in [0.25, 0.3) is 0 Å². The molecule has 0 radical (unpaired) electrons. The third kappa shape index (κ3) is 3.82. The van der Waals surface area contributed by atoms with Gasteiger partial charge in [-0.15, -0.1) is 0 Å². The van der Waals surface area contributed by atoms with Crippen molar-refractivity contribution in [3.8, 4) is 0 Å². The Morgan fingerprint density at radius 2 is 1.79 bits per heavy atom. The van der Waals surface area contributed by atoms with Crippen LogP contribution in [0.1, 0.15) is 44.6 Å². The molecule has 1 aromatic carbocycles. The summed E-state index contributed by atoms with van der Waals surface area (Å²) < 4.78 is 23.1. The molecule has 0 aromatic heterocycles. The summed E-state index contributed by atoms with van der Waals surface area (Å²) >= 11 is 0. The van der Waals surface area contributed by atoms with Crippen molar-refractivity contribution >= 4 is 15.7 Å². The van der Waals surface area contributed by atoms with Gasteiger partial charge in [0.25, 0.3) is 0 Å². The van der Waals surface area contributed by atoms with Gasteiger partial charge in [0.15, 0.2) is 0 Å². The average molecular weight is 349 g/mol. The standard InChI is InChI=1S/C19H27NO3S/c1-19(2)14-20(13-17(19)16-6-4-3-5-7-16)18(21)12-15-8-10-24(22,23)11-9-15/h3-7,15,17H,8-14H2,1-2H3. The van der Waals surface area contributed by atoms with Gasteiger partial charge in [-0.1, -0.05) is 44.2 Å². The molecule has 2 fully saturated rings. The monoisotopic (exact) mass is 349 g/mol. The van der Waals surface area contributed by atoms with E-state index < -0.39 is 9.84 Å². The van der Waals surface area contributed by atoms with Gasteiger partial charge in [-0.25, -0.2) is 8.42 Å². The number of hydrogen-bond donors (Lipinski definition) is 0. The normalized spacial score (nSPS) is 26.4. The fourth-order valence-electron chi connectivity index (χ4n) is 4.09. The van der Waals surface area contributed by atoms with E-state index in [4.69, 9.17) is 0 Å². The van der Waals surface area contributed by atoms with Crippen molar-refractivity contribution in [3.63, 3.8) is 0 Å². The topological polar surface area (TPSA) is 54.5 Å². The van der Waals surface area contributed by atoms with Crippen molar-refractivity contribution in [3.05, 3.63) is 35.9 Å². The van der Waals surface area contributed by atoms with Crippen LogP contribution in [0.15, 0.2) is 30.3 Å². The molecular weight excluding hydrogens is 322 g/mol. The summed E-state index contributed by atoms with van der Waals surface area (Å²) in [5.41, 5.74) is 1.36. The van der Waals surface area contributed by atoms with E-state index >= 15 is 0 Å². The molecule has 0 N–H and O–H groups in total. The first-order valence-corrected chi connectivity index (χ1v) is 10.6. The van der Waals surface area contributed by atoms with E-state index in [1.807, 2.05) is 11.0 Å². The van der Waals surface area contributed by atoms with E-state index in [0.717, 1.165) is 13.1 Å². The molecule has 4 nitrogen and oxygen atoms in total. The zero-order chi connectivity index (χ0) is 17.4. The van der Waals surface area contributed by atoms with Gasteiger partial charge < -0.3 is 4.90 Å². The van der Waals surface area contributed by atoms with Crippen LogP contribution < -0.4 is 0 Å². The molecule has 0 spiro atoms. The van der Waals surface area contributed by atoms with E-state index in [0.29, 0.717) is 25.2 Å². The number of carbonyl (C=O) groups is 1. The fourth-order valence-corrected chi connectivity index (χ4v) is 5.67. The molecule has 5 heteroatoms. The Morgan fingerprint density at radius 3 is 2.42 bits per heavy atom. The van der Waals surface area contributed by atoms with Gasteiger partial charge in [0.2, 0.25) is 5.91 Å². The summed E-state index contributed by atoms with van der Waals surface area (Å²) in [6, 6.07) is 10.4. The molecule has 24 heavy (non-hydrogen) atoms. The Bertz CT molecular complexity index is 683. The van der Waals surface area contributed by atoms with Crippen LogP contribution in [0.4, 0.5) is 0 Å². The van der Waals surface area contributed by atoms with Gasteiger partial charge in [-0.05, 0) is 29.7 Å². The summed E-state index contributed by atoms with van der Waals surface area (Å²) in [6.07, 6.45) is 1.76. The molecule has 1 atom stereocenters. The van der Waals surface area contributed by atoms with E-state index in [-0.39, 0.29) is 28.7 Å². The predicted molar refractivity (Wildman–Crippen MR) is 95.5 cm³/mol. The molecule has 2 heterocycles. The summed E-state index contributed by atoms with van der Waals surface area (Å²) in [5.74, 6) is 1.24. The molecule has 1 aromatic rings. The lowest BCUT2D eigenvalue weighted by molar-refractivity contribution is -0.131. The molecule has 3 rings (SSSR count). The third-order valence-electron chi connectivity index (χ3n) is 5.64. The van der Waals surface area contributed by atoms with E-state index in [9.17, 15) is 13.2 Å². The number of sulfone groups is 1. The zero-order valence-electron chi connectivity index (χ0n) is 14.6. The number of amides is 1. The van der Waals surface area contributed by atoms with Gasteiger partial charge in [-0.3, -0.25) is 4.79 Å². The first-order valence-electron chi connectivity index (χ1n) is 8.80. The van der Waals surface area contributed by atoms with Crippen LogP contribution in [0.2, 0.25) is 0 Å². The first kappa shape index (κ1) is 17.5. The molecule has 0 aliphatic carbocycles. The first-order chi connectivity index (χ1) is 11.3. The second-order valence-electron chi connectivity index (χ2n) is 8.03. The minimum absolute atomic E-state index is 0.0624. The SMILES string of the molecule is CC1(C)CN(C(=O)CC2CCS(=O)(=O)CC2)CC1c1ccccc1. The average Bonchev–Trinajstić information content (AvgIpc) is 2.86. The van der Waals surface area contributed by atoms with Gasteiger partial charge in [0.1, 0.15) is 9.84 Å². The minimum Gasteiger partial charge on any atom is -0.341 e. The maximum atomic E-state index is 12.7. The van der Waals surface area contributed by atoms with E-state index in [2.05, 4.69) is 38.1 Å². The molecular formula is C19H27NO3S. The lowest BCUT2D eigenvalue weighted by atomic mass is 9.78. The van der Waals surface area contributed by atoms with E-state index in [1.54, 1.807) is 0 Å². The van der Waals surface area contributed by atoms with Crippen LogP contribution in [0.5, 0.6) is 0 Å². The van der Waals surface area contributed by atoms with Gasteiger partial charge in [0, 0.05) is 25.4 Å². The lowest BCUT2D eigenvalue weighted by Gasteiger charge is -2.26. The summed E-state index contributed by atoms with van der Waals surface area (Å²) in [6.45, 7) is 5.99. The third-order valence-corrected chi connectivity index (χ3v) is 7.35. The summed E-state index contributed by atoms with van der Waals surface area (Å²) in [7, 11) is -2.86. The maximum Gasteiger partial charge on any atom is 0.222 e. The number of hydrogen-bond acceptors (Lipinski definition) is 3. The molecule has 1 unspecified atom stereocenters. The largest absolute Gasteiger partial charge is 0.341 e. The quantitative estimate of drug-likeness (QED) is 0.843. The summed E-state index contributed by atoms with van der Waals surface area (Å²) in [4.78, 5) is 14.7. The number of likely N-dealkylation sites (tertiary alicyclic amines) is 1. The Morgan fingerprint density at radius 1 is 1.17 bits per heavy atom. The van der Waals surface area contributed by atoms with Crippen LogP contribution in [0.3, 0.4) is 0 Å². The number of carbonyl (C=O) groups excluding carboxylic acids is 1. The van der Waals surface area contributed by atoms with Crippen molar-refractivity contribution in [2.45, 2.75) is 39.0 Å². The van der Waals surface area contributed by atoms with Crippen LogP contribution in [0, 0.1) is 11.3 Å². The summed E-state index contributed by atoms with van der Waals surface area (Å²) in [5, 5.41) is 0. The second-order valence-corrected chi connectivity index (χ2v) is 10.3. The highest BCUT2D eigenvalue weighted by Gasteiger charge is 2.42. The molecule has 0 bridgehead atoms. The zero-order valence-corrected chi connectivity index (χ0v) is 15.4. The molecule has 2 aliphatic heterocycles. The highest BCUT2D eigenvalue weighted by atomic mass is 32.2. The van der Waals surface area contributed by atoms with Gasteiger partial charge >= 0.3 is 0 Å². The van der Waals surface area contributed by atoms with Gasteiger partial charge in [0.05, 0.1) is 11.5 Å². The second kappa shape index (κ2) is 6.51. The Labute approximate surface area is 145 Å². The molecule has 2 aliphatic rings. The van der Waals surface area contributed by atoms with Crippen molar-refractivity contribution in [2.24, 2.45) is 11.3 Å². The lowest BCUT2D eigenvalue weighted by Crippen LogP contribution is -2.33. The highest BCUT2D eigenvalue weighted by molar-refractivity contribution is 7.91. The van der Waals surface area contributed by atoms with Gasteiger partial charge in [-0.2, -0.15) is 0 Å². The Hall–Kier alpha value is -1.36. The van der Waals surface area contributed by atoms with Crippen molar-refractivity contribution in [1.82, 2.24) is 4.90 Å². The molecule has 2 saturated heterocycles. The molecule has 132 valence electrons. The number of benzene rings is 1. The van der Waals surface area contributed by atoms with Crippen molar-refractivity contribution in [2.75, 3.05) is 24.6 Å². The van der Waals surface area contributed by atoms with Crippen LogP contribution >= 0.6 is 0 Å². The predicted octanol–water partition coefficient (Wildman–Crippen LogP) is 2.85. The fraction of sp³-hybridized carbons (Fsp3) is 0.632. The van der Waals surface area contributed by atoms with Crippen molar-refractivity contribution < 1.29 is 13.2 Å². The number of nitrogens with zero attached hydrogens (tertiary/aromatic N) is 1. The Balaban J connectivity index is 1.63. The minimum atomic E-state index is -2.86. The molecule has 1 amide bonds. The highest BCUT2D eigenvalue weighted by Crippen LogP contribution is 2.42. The maximum absolute atomic E-state index is 12.7. The smallest absolute Gasteiger partial charge is 0.222 e.